The van der Waals surface area contributed by atoms with E-state index in [-0.39, 0.29) is 12.5 Å². The van der Waals surface area contributed by atoms with Gasteiger partial charge in [-0.1, -0.05) is 12.1 Å². The molecule has 1 aromatic rings. The highest BCUT2D eigenvalue weighted by Crippen LogP contribution is 2.25. The SMILES string of the molecule is CCCN(CC(=O)O)C(=O)c1noc2c1CCCC2. The van der Waals surface area contributed by atoms with Gasteiger partial charge in [0.15, 0.2) is 5.69 Å². The summed E-state index contributed by atoms with van der Waals surface area (Å²) in [6.07, 6.45) is 4.36. The molecule has 104 valence electrons. The third-order valence-electron chi connectivity index (χ3n) is 3.26. The van der Waals surface area contributed by atoms with Gasteiger partial charge in [0.25, 0.3) is 5.91 Å². The molecule has 2 rings (SSSR count). The first-order valence-corrected chi connectivity index (χ1v) is 6.62. The number of nitrogens with zero attached hydrogens (tertiary/aromatic N) is 2. The van der Waals surface area contributed by atoms with Crippen LogP contribution in [0.3, 0.4) is 0 Å². The zero-order chi connectivity index (χ0) is 13.8. The molecule has 6 heteroatoms. The number of aryl methyl sites for hydroxylation is 1. The van der Waals surface area contributed by atoms with Gasteiger partial charge in [0.1, 0.15) is 12.3 Å². The minimum absolute atomic E-state index is 0.296. The van der Waals surface area contributed by atoms with Crippen molar-refractivity contribution in [3.8, 4) is 0 Å². The standard InChI is InChI=1S/C13H18N2O4/c1-2-7-15(8-11(16)17)13(18)12-9-5-3-4-6-10(9)19-14-12/h2-8H2,1H3,(H,16,17). The van der Waals surface area contributed by atoms with Crippen molar-refractivity contribution in [2.24, 2.45) is 0 Å². The lowest BCUT2D eigenvalue weighted by Crippen LogP contribution is -2.37. The van der Waals surface area contributed by atoms with Gasteiger partial charge in [-0.3, -0.25) is 9.59 Å². The molecule has 19 heavy (non-hydrogen) atoms. The van der Waals surface area contributed by atoms with Crippen LogP contribution in [-0.4, -0.2) is 40.1 Å². The Labute approximate surface area is 111 Å². The van der Waals surface area contributed by atoms with Crippen molar-refractivity contribution in [1.29, 1.82) is 0 Å². The predicted octanol–water partition coefficient (Wildman–Crippen LogP) is 1.49. The van der Waals surface area contributed by atoms with E-state index < -0.39 is 5.97 Å². The molecule has 1 aromatic heterocycles. The molecule has 1 aliphatic rings. The van der Waals surface area contributed by atoms with Crippen molar-refractivity contribution in [1.82, 2.24) is 10.1 Å². The summed E-state index contributed by atoms with van der Waals surface area (Å²) in [6.45, 7) is 2.02. The number of rotatable bonds is 5. The van der Waals surface area contributed by atoms with Crippen LogP contribution in [0.2, 0.25) is 0 Å². The molecule has 0 saturated heterocycles. The van der Waals surface area contributed by atoms with E-state index in [4.69, 9.17) is 9.63 Å². The highest BCUT2D eigenvalue weighted by Gasteiger charge is 2.27. The first-order valence-electron chi connectivity index (χ1n) is 6.62. The molecule has 0 aliphatic heterocycles. The number of carbonyl (C=O) groups is 2. The number of carboxylic acids is 1. The van der Waals surface area contributed by atoms with E-state index in [9.17, 15) is 9.59 Å². The first-order chi connectivity index (χ1) is 9.13. The Morgan fingerprint density at radius 1 is 1.37 bits per heavy atom. The van der Waals surface area contributed by atoms with Crippen LogP contribution < -0.4 is 0 Å². The van der Waals surface area contributed by atoms with Gasteiger partial charge < -0.3 is 14.5 Å². The van der Waals surface area contributed by atoms with Crippen LogP contribution in [0.5, 0.6) is 0 Å². The normalized spacial score (nSPS) is 13.9. The van der Waals surface area contributed by atoms with Crippen LogP contribution in [0, 0.1) is 0 Å². The molecule has 6 nitrogen and oxygen atoms in total. The van der Waals surface area contributed by atoms with Gasteiger partial charge in [-0.05, 0) is 25.7 Å². The second kappa shape index (κ2) is 5.86. The molecule has 0 aromatic carbocycles. The second-order valence-corrected chi connectivity index (χ2v) is 4.76. The Kier molecular flexibility index (Phi) is 4.19. The van der Waals surface area contributed by atoms with E-state index in [1.165, 1.54) is 4.90 Å². The van der Waals surface area contributed by atoms with E-state index in [0.29, 0.717) is 18.7 Å². The van der Waals surface area contributed by atoms with E-state index in [1.807, 2.05) is 6.92 Å². The Hall–Kier alpha value is -1.85. The Morgan fingerprint density at radius 2 is 2.11 bits per heavy atom. The molecular weight excluding hydrogens is 248 g/mol. The average Bonchev–Trinajstić information content (AvgIpc) is 2.80. The number of aliphatic carboxylic acids is 1. The quantitative estimate of drug-likeness (QED) is 0.872. The topological polar surface area (TPSA) is 83.6 Å². The van der Waals surface area contributed by atoms with E-state index in [2.05, 4.69) is 5.16 Å². The minimum Gasteiger partial charge on any atom is -0.480 e. The smallest absolute Gasteiger partial charge is 0.323 e. The lowest BCUT2D eigenvalue weighted by atomic mass is 9.96. The molecule has 0 spiro atoms. The Morgan fingerprint density at radius 3 is 2.79 bits per heavy atom. The zero-order valence-electron chi connectivity index (χ0n) is 11.0. The second-order valence-electron chi connectivity index (χ2n) is 4.76. The van der Waals surface area contributed by atoms with Gasteiger partial charge in [0.05, 0.1) is 0 Å². The molecule has 0 saturated carbocycles. The highest BCUT2D eigenvalue weighted by atomic mass is 16.5. The molecule has 1 amide bonds. The van der Waals surface area contributed by atoms with Crippen molar-refractivity contribution >= 4 is 11.9 Å². The van der Waals surface area contributed by atoms with Gasteiger partial charge in [-0.15, -0.1) is 0 Å². The van der Waals surface area contributed by atoms with Crippen LogP contribution in [0.25, 0.3) is 0 Å². The summed E-state index contributed by atoms with van der Waals surface area (Å²) in [5.74, 6) is -0.573. The van der Waals surface area contributed by atoms with Crippen LogP contribution in [0.15, 0.2) is 4.52 Å². The van der Waals surface area contributed by atoms with Crippen molar-refractivity contribution < 1.29 is 19.2 Å². The lowest BCUT2D eigenvalue weighted by Gasteiger charge is -2.19. The maximum absolute atomic E-state index is 12.3. The third-order valence-corrected chi connectivity index (χ3v) is 3.26. The molecule has 1 aliphatic carbocycles. The highest BCUT2D eigenvalue weighted by molar-refractivity contribution is 5.95. The summed E-state index contributed by atoms with van der Waals surface area (Å²) in [6, 6.07) is 0. The van der Waals surface area contributed by atoms with Gasteiger partial charge in [-0.2, -0.15) is 0 Å². The van der Waals surface area contributed by atoms with E-state index in [0.717, 1.165) is 37.0 Å². The maximum atomic E-state index is 12.3. The summed E-state index contributed by atoms with van der Waals surface area (Å²) < 4.78 is 5.20. The van der Waals surface area contributed by atoms with Gasteiger partial charge >= 0.3 is 5.97 Å². The van der Waals surface area contributed by atoms with Crippen LogP contribution >= 0.6 is 0 Å². The largest absolute Gasteiger partial charge is 0.480 e. The minimum atomic E-state index is -1.01. The van der Waals surface area contributed by atoms with Gasteiger partial charge in [-0.25, -0.2) is 0 Å². The van der Waals surface area contributed by atoms with E-state index in [1.54, 1.807) is 0 Å². The van der Waals surface area contributed by atoms with Crippen molar-refractivity contribution in [3.63, 3.8) is 0 Å². The maximum Gasteiger partial charge on any atom is 0.323 e. The number of carbonyl (C=O) groups excluding carboxylic acids is 1. The number of hydrogen-bond donors (Lipinski definition) is 1. The summed E-state index contributed by atoms with van der Waals surface area (Å²) in [7, 11) is 0. The molecule has 0 atom stereocenters. The Balaban J connectivity index is 2.21. The van der Waals surface area contributed by atoms with Crippen LogP contribution in [-0.2, 0) is 17.6 Å². The lowest BCUT2D eigenvalue weighted by molar-refractivity contribution is -0.137. The average molecular weight is 266 g/mol. The third kappa shape index (κ3) is 2.94. The number of fused-ring (bicyclic) bond motifs is 1. The summed E-state index contributed by atoms with van der Waals surface area (Å²) in [4.78, 5) is 24.5. The fourth-order valence-corrected chi connectivity index (χ4v) is 2.39. The van der Waals surface area contributed by atoms with Crippen LogP contribution in [0.4, 0.5) is 0 Å². The Bertz CT molecular complexity index is 481. The monoisotopic (exact) mass is 266 g/mol. The van der Waals surface area contributed by atoms with Crippen molar-refractivity contribution in [3.05, 3.63) is 17.0 Å². The summed E-state index contributed by atoms with van der Waals surface area (Å²) >= 11 is 0. The summed E-state index contributed by atoms with van der Waals surface area (Å²) in [5.41, 5.74) is 1.16. The van der Waals surface area contributed by atoms with E-state index >= 15 is 0 Å². The first kappa shape index (κ1) is 13.6. The summed E-state index contributed by atoms with van der Waals surface area (Å²) in [5, 5.41) is 12.7. The molecule has 0 bridgehead atoms. The number of carboxylic acid groups (broad SMARTS) is 1. The van der Waals surface area contributed by atoms with Crippen molar-refractivity contribution in [2.45, 2.75) is 39.0 Å². The fourth-order valence-electron chi connectivity index (χ4n) is 2.39. The van der Waals surface area contributed by atoms with Crippen LogP contribution in [0.1, 0.15) is 48.0 Å². The van der Waals surface area contributed by atoms with Gasteiger partial charge in [0.2, 0.25) is 0 Å². The number of aromatic nitrogens is 1. The fraction of sp³-hybridized carbons (Fsp3) is 0.615. The molecular formula is C13H18N2O4. The van der Waals surface area contributed by atoms with Gasteiger partial charge in [0, 0.05) is 18.5 Å². The molecule has 0 fully saturated rings. The number of hydrogen-bond acceptors (Lipinski definition) is 4. The molecule has 0 radical (unpaired) electrons. The molecule has 1 N–H and O–H groups in total. The predicted molar refractivity (Wildman–Crippen MR) is 67.0 cm³/mol. The molecule has 1 heterocycles. The van der Waals surface area contributed by atoms with Crippen molar-refractivity contribution in [2.75, 3.05) is 13.1 Å². The number of amides is 1. The molecule has 0 unspecified atom stereocenters. The zero-order valence-corrected chi connectivity index (χ0v) is 11.0.